The number of carbonyl (C=O) groups excluding carboxylic acids is 1. The maximum absolute atomic E-state index is 12.5. The maximum Gasteiger partial charge on any atom is 0.320 e. The molecule has 9 nitrogen and oxygen atoms in total. The number of hydrogen-bond donors (Lipinski definition) is 0. The fraction of sp³-hybridized carbons (Fsp3) is 0.529. The number of ether oxygens (including phenoxy) is 2. The van der Waals surface area contributed by atoms with Crippen molar-refractivity contribution in [3.05, 3.63) is 30.6 Å². The second kappa shape index (κ2) is 7.69. The fourth-order valence-corrected chi connectivity index (χ4v) is 3.19. The molecule has 2 amide bonds. The Balaban J connectivity index is 1.27. The number of urea groups is 1. The van der Waals surface area contributed by atoms with Crippen molar-refractivity contribution in [3.63, 3.8) is 0 Å². The average molecular weight is 358 g/mol. The maximum atomic E-state index is 12.5. The van der Waals surface area contributed by atoms with Crippen LogP contribution in [0.2, 0.25) is 0 Å². The summed E-state index contributed by atoms with van der Waals surface area (Å²) in [5.41, 5.74) is 0. The van der Waals surface area contributed by atoms with Crippen LogP contribution in [0.3, 0.4) is 0 Å². The van der Waals surface area contributed by atoms with Crippen molar-refractivity contribution in [3.8, 4) is 11.7 Å². The van der Waals surface area contributed by atoms with E-state index in [0.717, 1.165) is 12.8 Å². The summed E-state index contributed by atoms with van der Waals surface area (Å²) in [5.74, 6) is 1.15. The zero-order chi connectivity index (χ0) is 17.8. The normalized spacial score (nSPS) is 18.8. The minimum atomic E-state index is 0.0496. The predicted molar refractivity (Wildman–Crippen MR) is 92.2 cm³/mol. The fourth-order valence-electron chi connectivity index (χ4n) is 3.19. The lowest BCUT2D eigenvalue weighted by molar-refractivity contribution is 0.0356. The van der Waals surface area contributed by atoms with Gasteiger partial charge in [-0.1, -0.05) is 0 Å². The molecule has 0 aliphatic carbocycles. The Morgan fingerprint density at radius 2 is 1.85 bits per heavy atom. The van der Waals surface area contributed by atoms with Gasteiger partial charge in [-0.25, -0.2) is 9.48 Å². The van der Waals surface area contributed by atoms with Crippen LogP contribution in [0.4, 0.5) is 4.79 Å². The van der Waals surface area contributed by atoms with Crippen molar-refractivity contribution in [1.29, 1.82) is 0 Å². The number of piperidine rings is 1. The van der Waals surface area contributed by atoms with Crippen LogP contribution in [0.25, 0.3) is 5.82 Å². The Morgan fingerprint density at radius 1 is 1.08 bits per heavy atom. The molecule has 0 atom stereocenters. The van der Waals surface area contributed by atoms with Gasteiger partial charge < -0.3 is 19.3 Å². The zero-order valence-corrected chi connectivity index (χ0v) is 14.5. The van der Waals surface area contributed by atoms with Crippen LogP contribution in [-0.4, -0.2) is 81.3 Å². The standard InChI is InChI=1S/C17H22N6O3/c24-17(22-10-12-25-13-11-22)21-8-4-14(5-9-21)26-16-3-2-15(19-20-16)23-7-1-6-18-23/h1-3,6-7,14H,4-5,8-13H2. The third-order valence-corrected chi connectivity index (χ3v) is 4.65. The number of carbonyl (C=O) groups is 1. The molecule has 2 aliphatic rings. The molecule has 9 heteroatoms. The van der Waals surface area contributed by atoms with Gasteiger partial charge in [0.15, 0.2) is 5.82 Å². The summed E-state index contributed by atoms with van der Waals surface area (Å²) in [6.07, 6.45) is 5.13. The Morgan fingerprint density at radius 3 is 2.50 bits per heavy atom. The lowest BCUT2D eigenvalue weighted by Crippen LogP contribution is -2.51. The quantitative estimate of drug-likeness (QED) is 0.812. The number of hydrogen-bond acceptors (Lipinski definition) is 6. The molecule has 2 aromatic rings. The molecule has 2 aliphatic heterocycles. The third kappa shape index (κ3) is 3.77. The van der Waals surface area contributed by atoms with Crippen molar-refractivity contribution in [1.82, 2.24) is 29.8 Å². The van der Waals surface area contributed by atoms with Crippen molar-refractivity contribution >= 4 is 6.03 Å². The molecular weight excluding hydrogens is 336 g/mol. The summed E-state index contributed by atoms with van der Waals surface area (Å²) in [4.78, 5) is 16.3. The van der Waals surface area contributed by atoms with E-state index in [-0.39, 0.29) is 12.1 Å². The monoisotopic (exact) mass is 358 g/mol. The average Bonchev–Trinajstić information content (AvgIpc) is 3.24. The van der Waals surface area contributed by atoms with Crippen LogP contribution < -0.4 is 4.74 Å². The first kappa shape index (κ1) is 16.8. The molecule has 0 N–H and O–H groups in total. The molecule has 0 spiro atoms. The summed E-state index contributed by atoms with van der Waals surface area (Å²) >= 11 is 0. The van der Waals surface area contributed by atoms with Gasteiger partial charge in [-0.2, -0.15) is 5.10 Å². The van der Waals surface area contributed by atoms with Crippen LogP contribution in [0.15, 0.2) is 30.6 Å². The first-order chi connectivity index (χ1) is 12.8. The number of rotatable bonds is 3. The van der Waals surface area contributed by atoms with Crippen LogP contribution in [-0.2, 0) is 4.74 Å². The first-order valence-corrected chi connectivity index (χ1v) is 8.91. The number of likely N-dealkylation sites (tertiary alicyclic amines) is 1. The Bertz CT molecular complexity index is 707. The molecule has 0 radical (unpaired) electrons. The number of nitrogens with zero attached hydrogens (tertiary/aromatic N) is 6. The van der Waals surface area contributed by atoms with Crippen molar-refractivity contribution in [2.45, 2.75) is 18.9 Å². The highest BCUT2D eigenvalue weighted by atomic mass is 16.5. The minimum absolute atomic E-state index is 0.0496. The first-order valence-electron chi connectivity index (χ1n) is 8.91. The van der Waals surface area contributed by atoms with E-state index in [1.165, 1.54) is 0 Å². The van der Waals surface area contributed by atoms with E-state index >= 15 is 0 Å². The van der Waals surface area contributed by atoms with Gasteiger partial charge in [0.05, 0.1) is 13.2 Å². The Hall–Kier alpha value is -2.68. The van der Waals surface area contributed by atoms with E-state index in [1.54, 1.807) is 16.9 Å². The highest BCUT2D eigenvalue weighted by molar-refractivity contribution is 5.74. The van der Waals surface area contributed by atoms with E-state index in [9.17, 15) is 4.79 Å². The third-order valence-electron chi connectivity index (χ3n) is 4.65. The molecule has 26 heavy (non-hydrogen) atoms. The van der Waals surface area contributed by atoms with Crippen molar-refractivity contribution in [2.24, 2.45) is 0 Å². The van der Waals surface area contributed by atoms with Gasteiger partial charge in [0, 0.05) is 57.5 Å². The molecule has 138 valence electrons. The molecule has 0 aromatic carbocycles. The van der Waals surface area contributed by atoms with Crippen LogP contribution >= 0.6 is 0 Å². The Kier molecular flexibility index (Phi) is 4.96. The number of morpholine rings is 1. The zero-order valence-electron chi connectivity index (χ0n) is 14.5. The summed E-state index contributed by atoms with van der Waals surface area (Å²) in [7, 11) is 0. The van der Waals surface area contributed by atoms with E-state index in [4.69, 9.17) is 9.47 Å². The predicted octanol–water partition coefficient (Wildman–Crippen LogP) is 0.958. The van der Waals surface area contributed by atoms with Crippen molar-refractivity contribution < 1.29 is 14.3 Å². The Labute approximate surface area is 151 Å². The molecule has 2 saturated heterocycles. The molecule has 0 bridgehead atoms. The molecule has 0 unspecified atom stereocenters. The van der Waals surface area contributed by atoms with E-state index in [0.29, 0.717) is 51.1 Å². The van der Waals surface area contributed by atoms with Crippen LogP contribution in [0, 0.1) is 0 Å². The summed E-state index contributed by atoms with van der Waals surface area (Å²) in [6, 6.07) is 5.56. The molecule has 0 saturated carbocycles. The minimum Gasteiger partial charge on any atom is -0.473 e. The van der Waals surface area contributed by atoms with Gasteiger partial charge in [-0.05, 0) is 12.1 Å². The lowest BCUT2D eigenvalue weighted by Gasteiger charge is -2.36. The second-order valence-electron chi connectivity index (χ2n) is 6.37. The summed E-state index contributed by atoms with van der Waals surface area (Å²) in [5, 5.41) is 12.4. The van der Waals surface area contributed by atoms with Gasteiger partial charge in [0.25, 0.3) is 0 Å². The smallest absolute Gasteiger partial charge is 0.320 e. The molecule has 4 heterocycles. The summed E-state index contributed by atoms with van der Waals surface area (Å²) < 4.78 is 12.9. The van der Waals surface area contributed by atoms with E-state index in [1.807, 2.05) is 28.1 Å². The lowest BCUT2D eigenvalue weighted by atomic mass is 10.1. The van der Waals surface area contributed by atoms with Gasteiger partial charge in [-0.3, -0.25) is 0 Å². The van der Waals surface area contributed by atoms with Gasteiger partial charge >= 0.3 is 6.03 Å². The van der Waals surface area contributed by atoms with Gasteiger partial charge in [0.2, 0.25) is 5.88 Å². The molecular formula is C17H22N6O3. The molecule has 4 rings (SSSR count). The highest BCUT2D eigenvalue weighted by Gasteiger charge is 2.28. The van der Waals surface area contributed by atoms with Gasteiger partial charge in [-0.15, -0.1) is 10.2 Å². The van der Waals surface area contributed by atoms with E-state index in [2.05, 4.69) is 15.3 Å². The van der Waals surface area contributed by atoms with Gasteiger partial charge in [0.1, 0.15) is 6.10 Å². The number of aromatic nitrogens is 4. The summed E-state index contributed by atoms with van der Waals surface area (Å²) in [6.45, 7) is 3.98. The van der Waals surface area contributed by atoms with E-state index < -0.39 is 0 Å². The van der Waals surface area contributed by atoms with Crippen LogP contribution in [0.5, 0.6) is 5.88 Å². The van der Waals surface area contributed by atoms with Crippen molar-refractivity contribution in [2.75, 3.05) is 39.4 Å². The second-order valence-corrected chi connectivity index (χ2v) is 6.37. The highest BCUT2D eigenvalue weighted by Crippen LogP contribution is 2.18. The van der Waals surface area contributed by atoms with Crippen LogP contribution in [0.1, 0.15) is 12.8 Å². The topological polar surface area (TPSA) is 85.6 Å². The number of amides is 2. The largest absolute Gasteiger partial charge is 0.473 e. The molecule has 2 aromatic heterocycles. The SMILES string of the molecule is O=C(N1CCOCC1)N1CCC(Oc2ccc(-n3cccn3)nn2)CC1. The molecule has 2 fully saturated rings.